The number of amides is 10. The summed E-state index contributed by atoms with van der Waals surface area (Å²) >= 11 is 0. The van der Waals surface area contributed by atoms with Crippen LogP contribution in [0.4, 0.5) is 11.4 Å². The minimum Gasteiger partial charge on any atom is -0.368 e. The zero-order chi connectivity index (χ0) is 81.6. The zero-order valence-corrected chi connectivity index (χ0v) is 65.3. The van der Waals surface area contributed by atoms with E-state index in [0.29, 0.717) is 59.8 Å². The van der Waals surface area contributed by atoms with Gasteiger partial charge in [0.05, 0.1) is 58.0 Å². The Morgan fingerprint density at radius 3 is 1.15 bits per heavy atom. The molecule has 10 aromatic rings. The second-order valence-electron chi connectivity index (χ2n) is 29.1. The smallest absolute Gasteiger partial charge is 0.251 e. The third kappa shape index (κ3) is 20.9. The Hall–Kier alpha value is -13.4. The molecule has 0 unspecified atom stereocenters. The molecule has 115 heavy (non-hydrogen) atoms. The van der Waals surface area contributed by atoms with E-state index in [-0.39, 0.29) is 50.4 Å². The predicted molar refractivity (Wildman–Crippen MR) is 442 cm³/mol. The number of aliphatic imine (C=N–C) groups is 2. The number of aromatic nitrogens is 4. The first-order valence-electron chi connectivity index (χ1n) is 38.0. The molecule has 0 bridgehead atoms. The van der Waals surface area contributed by atoms with Gasteiger partial charge < -0.3 is 78.3 Å². The number of rotatable bonds is 34. The van der Waals surface area contributed by atoms with Gasteiger partial charge in [-0.2, -0.15) is 0 Å². The van der Waals surface area contributed by atoms with E-state index in [1.807, 2.05) is 141 Å². The van der Waals surface area contributed by atoms with Crippen molar-refractivity contribution in [2.45, 2.75) is 64.7 Å². The lowest BCUT2D eigenvalue weighted by Crippen LogP contribution is -2.57. The number of nitrogens with zero attached hydrogens (tertiary/aromatic N) is 7. The number of imidazole rings is 2. The van der Waals surface area contributed by atoms with Crippen molar-refractivity contribution >= 4 is 104 Å². The van der Waals surface area contributed by atoms with Gasteiger partial charge in [0.2, 0.25) is 35.4 Å². The standard InChI is InChI=1S/C86H93N19O10/c1-49(93-76(107)47-88-33-34-89-82(111)59-21-13-55(14-22-59)77-99-67-31-29-63(43-73(67)101-77)61-25-27-65-45-69(97-71(65)41-61)53-9-17-57(18-10-53)83(112)90-35-38-103(5)6)79(108)94-50(2)80(109)95-51(3)81(110)96-52(4)86(115)105(48-75(87)106)40-37-92-85(114)58-19-11-54(12-20-58)70-46-66-28-26-62(42-72(66)98-70)64-30-32-68-74(44-64)102-78(100-68)56-15-23-60(24-16-56)84(113)91-36-39-104(7)8/h9-32,41-44,49-52,88H,33-40,45-48H2,1-8H3,(H2,87,106)(H,89,111)(H,90,112)(H,91,113)(H,92,114)(H,93,107)(H,94,108)(H,95,109)(H,96,110)(H,99,101)(H,100,102)/t49-,50-,51-,52-/m1/s1. The van der Waals surface area contributed by atoms with E-state index in [4.69, 9.17) is 25.7 Å². The van der Waals surface area contributed by atoms with E-state index in [1.165, 1.54) is 27.7 Å². The van der Waals surface area contributed by atoms with Crippen LogP contribution in [0.1, 0.15) is 91.4 Å². The molecule has 29 heteroatoms. The van der Waals surface area contributed by atoms with Crippen molar-refractivity contribution < 1.29 is 47.9 Å². The molecule has 0 saturated carbocycles. The summed E-state index contributed by atoms with van der Waals surface area (Å²) in [5.74, 6) is -3.89. The van der Waals surface area contributed by atoms with Crippen molar-refractivity contribution in [1.29, 1.82) is 0 Å². The fourth-order valence-electron chi connectivity index (χ4n) is 13.1. The van der Waals surface area contributed by atoms with E-state index in [2.05, 4.69) is 88.2 Å². The fourth-order valence-corrected chi connectivity index (χ4v) is 13.1. The van der Waals surface area contributed by atoms with E-state index in [9.17, 15) is 47.9 Å². The van der Waals surface area contributed by atoms with E-state index >= 15 is 0 Å². The molecule has 2 aliphatic rings. The Balaban J connectivity index is 0.525. The molecule has 4 atom stereocenters. The van der Waals surface area contributed by atoms with Gasteiger partial charge in [-0.1, -0.05) is 84.9 Å². The maximum absolute atomic E-state index is 13.6. The summed E-state index contributed by atoms with van der Waals surface area (Å²) in [6.07, 6.45) is 1.28. The Kier molecular flexibility index (Phi) is 26.0. The van der Waals surface area contributed by atoms with Crippen LogP contribution < -0.4 is 53.6 Å². The summed E-state index contributed by atoms with van der Waals surface area (Å²) in [4.78, 5) is 161. The quantitative estimate of drug-likeness (QED) is 0.0202. The Labute approximate surface area is 664 Å². The van der Waals surface area contributed by atoms with E-state index in [1.54, 1.807) is 36.4 Å². The first-order valence-corrected chi connectivity index (χ1v) is 38.0. The number of aromatic amines is 2. The number of carbonyl (C=O) groups is 10. The van der Waals surface area contributed by atoms with Gasteiger partial charge in [-0.25, -0.2) is 9.97 Å². The van der Waals surface area contributed by atoms with Crippen molar-refractivity contribution in [2.24, 2.45) is 15.7 Å². The molecule has 8 aromatic carbocycles. The average Bonchev–Trinajstić information content (AvgIpc) is 1.65. The van der Waals surface area contributed by atoms with Crippen LogP contribution in [0.5, 0.6) is 0 Å². The number of hydrogen-bond donors (Lipinski definition) is 12. The normalized spacial score (nSPS) is 13.2. The molecule has 29 nitrogen and oxygen atoms in total. The molecule has 10 amide bonds. The second-order valence-corrected chi connectivity index (χ2v) is 29.1. The van der Waals surface area contributed by atoms with E-state index < -0.39 is 72.1 Å². The molecule has 592 valence electrons. The average molecular weight is 1550 g/mol. The summed E-state index contributed by atoms with van der Waals surface area (Å²) in [7, 11) is 7.84. The van der Waals surface area contributed by atoms with E-state index in [0.717, 1.165) is 118 Å². The van der Waals surface area contributed by atoms with Crippen LogP contribution in [0.25, 0.3) is 67.1 Å². The van der Waals surface area contributed by atoms with Crippen molar-refractivity contribution in [3.05, 3.63) is 214 Å². The third-order valence-electron chi connectivity index (χ3n) is 19.7. The molecular weight excluding hydrogens is 1460 g/mol. The van der Waals surface area contributed by atoms with Gasteiger partial charge in [-0.3, -0.25) is 57.9 Å². The number of hydrogen-bond acceptors (Lipinski definition) is 17. The molecule has 0 radical (unpaired) electrons. The minimum atomic E-state index is -1.20. The number of benzene rings is 8. The van der Waals surface area contributed by atoms with Crippen LogP contribution in [-0.2, 0) is 41.6 Å². The highest BCUT2D eigenvalue weighted by atomic mass is 16.2. The Bertz CT molecular complexity index is 5400. The Morgan fingerprint density at radius 2 is 0.748 bits per heavy atom. The molecule has 0 spiro atoms. The highest BCUT2D eigenvalue weighted by molar-refractivity contribution is 6.09. The number of H-pyrrole nitrogens is 2. The van der Waals surface area contributed by atoms with Crippen molar-refractivity contribution in [3.63, 3.8) is 0 Å². The van der Waals surface area contributed by atoms with Crippen LogP contribution in [0.3, 0.4) is 0 Å². The molecule has 2 aliphatic heterocycles. The highest BCUT2D eigenvalue weighted by Gasteiger charge is 2.29. The van der Waals surface area contributed by atoms with Crippen LogP contribution in [0.15, 0.2) is 180 Å². The van der Waals surface area contributed by atoms with Gasteiger partial charge >= 0.3 is 0 Å². The van der Waals surface area contributed by atoms with Crippen molar-refractivity contribution in [1.82, 2.24) is 82.5 Å². The van der Waals surface area contributed by atoms with Crippen molar-refractivity contribution in [3.8, 4) is 45.0 Å². The molecule has 2 aromatic heterocycles. The van der Waals surface area contributed by atoms with Crippen LogP contribution in [-0.4, -0.2) is 223 Å². The molecule has 0 fully saturated rings. The number of nitrogens with one attached hydrogen (secondary N) is 11. The molecule has 4 heterocycles. The minimum absolute atomic E-state index is 0.0724. The number of nitrogens with two attached hydrogens (primary N) is 1. The van der Waals surface area contributed by atoms with Crippen LogP contribution >= 0.6 is 0 Å². The first-order chi connectivity index (χ1) is 55.2. The number of fused-ring (bicyclic) bond motifs is 4. The summed E-state index contributed by atoms with van der Waals surface area (Å²) in [5, 5.41) is 24.5. The maximum atomic E-state index is 13.6. The molecule has 0 aliphatic carbocycles. The second kappa shape index (κ2) is 36.8. The lowest BCUT2D eigenvalue weighted by Gasteiger charge is -2.26. The molecule has 0 saturated heterocycles. The van der Waals surface area contributed by atoms with Crippen LogP contribution in [0.2, 0.25) is 0 Å². The lowest BCUT2D eigenvalue weighted by atomic mass is 9.99. The summed E-state index contributed by atoms with van der Waals surface area (Å²) in [6, 6.07) is 48.8. The number of carbonyl (C=O) groups excluding carboxylic acids is 10. The highest BCUT2D eigenvalue weighted by Crippen LogP contribution is 2.37. The van der Waals surface area contributed by atoms with Gasteiger partial charge in [0.25, 0.3) is 23.6 Å². The molecule has 12 rings (SSSR count). The summed E-state index contributed by atoms with van der Waals surface area (Å²) < 4.78 is 0. The topological polar surface area (TPSA) is 397 Å². The van der Waals surface area contributed by atoms with Crippen LogP contribution in [0, 0.1) is 0 Å². The Morgan fingerprint density at radius 1 is 0.400 bits per heavy atom. The largest absolute Gasteiger partial charge is 0.368 e. The monoisotopic (exact) mass is 1550 g/mol. The number of primary amides is 1. The third-order valence-corrected chi connectivity index (χ3v) is 19.7. The van der Waals surface area contributed by atoms with Gasteiger partial charge in [0.15, 0.2) is 0 Å². The first kappa shape index (κ1) is 81.1. The zero-order valence-electron chi connectivity index (χ0n) is 65.3. The molecule has 13 N–H and O–H groups in total. The number of likely N-dealkylation sites (N-methyl/N-ethyl adjacent to an activating group) is 2. The van der Waals surface area contributed by atoms with Gasteiger partial charge in [-0.05, 0) is 185 Å². The van der Waals surface area contributed by atoms with Crippen molar-refractivity contribution in [2.75, 3.05) is 93.6 Å². The SMILES string of the molecule is C[C@@H](NC(=O)CNCCNC(=O)c1ccc(-c2nc3cc(-c4ccc5c(c4)N=C(c4ccc(C(=O)NCCN(C)C)cc4)C5)ccc3[nH]2)cc1)C(=O)N[C@H](C)C(=O)N[C@H](C)C(=O)N[C@H](C)C(=O)N(CCNC(=O)c1ccc(C2=Nc3cc(-c4ccc5[nH]c(-c6ccc(C(=O)NCCN(C)C)cc6)nc5c4)ccc3C2)cc1)CC(N)=O. The summed E-state index contributed by atoms with van der Waals surface area (Å²) in [6.45, 7) is 7.71. The molecular formula is C86H93N19O10. The lowest BCUT2D eigenvalue weighted by molar-refractivity contribution is -0.139. The predicted octanol–water partition coefficient (Wildman–Crippen LogP) is 6.13. The maximum Gasteiger partial charge on any atom is 0.251 e. The summed E-state index contributed by atoms with van der Waals surface area (Å²) in [5.41, 5.74) is 23.7. The van der Waals surface area contributed by atoms with Gasteiger partial charge in [0, 0.05) is 98.6 Å². The van der Waals surface area contributed by atoms with Gasteiger partial charge in [0.1, 0.15) is 35.8 Å². The van der Waals surface area contributed by atoms with Gasteiger partial charge in [-0.15, -0.1) is 0 Å². The fraction of sp³-hybridized carbons (Fsp3) is 0.279.